The number of anilines is 1. The number of fused-ring (bicyclic) bond motifs is 1. The minimum atomic E-state index is -0.216. The Balaban J connectivity index is 1.25. The van der Waals surface area contributed by atoms with E-state index in [0.29, 0.717) is 31.9 Å². The van der Waals surface area contributed by atoms with Crippen LogP contribution in [0.5, 0.6) is 5.88 Å². The Kier molecular flexibility index (Phi) is 8.33. The van der Waals surface area contributed by atoms with Crippen molar-refractivity contribution in [2.45, 2.75) is 44.9 Å². The molecule has 0 fully saturated rings. The van der Waals surface area contributed by atoms with Crippen LogP contribution < -0.4 is 10.1 Å². The Bertz CT molecular complexity index is 1370. The van der Waals surface area contributed by atoms with Gasteiger partial charge in [0.05, 0.1) is 25.3 Å². The van der Waals surface area contributed by atoms with E-state index < -0.39 is 0 Å². The molecule has 1 aliphatic rings. The van der Waals surface area contributed by atoms with Crippen LogP contribution in [0.3, 0.4) is 0 Å². The Morgan fingerprint density at radius 3 is 2.89 bits per heavy atom. The fraction of sp³-hybridized carbons (Fsp3) is 0.379. The van der Waals surface area contributed by atoms with Gasteiger partial charge in [-0.15, -0.1) is 11.3 Å². The number of ether oxygens (including phenoxy) is 2. The monoisotopic (exact) mass is 531 g/mol. The highest BCUT2D eigenvalue weighted by Crippen LogP contribution is 2.34. The fourth-order valence-electron chi connectivity index (χ4n) is 4.65. The molecular formula is C29H33N5O3S. The predicted octanol–water partition coefficient (Wildman–Crippen LogP) is 5.20. The first-order valence-electron chi connectivity index (χ1n) is 13.1. The third-order valence-corrected chi connectivity index (χ3v) is 7.78. The number of rotatable bonds is 11. The summed E-state index contributed by atoms with van der Waals surface area (Å²) < 4.78 is 13.1. The van der Waals surface area contributed by atoms with Gasteiger partial charge in [-0.3, -0.25) is 4.79 Å². The molecule has 0 spiro atoms. The minimum absolute atomic E-state index is 0.0843. The largest absolute Gasteiger partial charge is 0.477 e. The van der Waals surface area contributed by atoms with Crippen LogP contribution in [0.15, 0.2) is 54.7 Å². The zero-order chi connectivity index (χ0) is 26.3. The smallest absolute Gasteiger partial charge is 0.306 e. The standard InChI is InChI=1S/C29H33N5O3S/c1-3-36-27(35)17-22(25-19-31-29(38-25)21-8-5-4-6-9-21)16-24-18-26(34(2)33-24)37-15-13-23-12-11-20-10-7-14-30-28(20)32-23/h4-6,8-9,11-12,18-19,22H,3,7,10,13-17H2,1-2H3,(H,30,32). The quantitative estimate of drug-likeness (QED) is 0.266. The van der Waals surface area contributed by atoms with Gasteiger partial charge in [-0.25, -0.2) is 14.6 Å². The van der Waals surface area contributed by atoms with E-state index in [1.807, 2.05) is 56.6 Å². The van der Waals surface area contributed by atoms with Gasteiger partial charge in [-0.05, 0) is 37.8 Å². The number of pyridine rings is 1. The molecule has 0 amide bonds. The fourth-order valence-corrected chi connectivity index (χ4v) is 5.67. The second kappa shape index (κ2) is 12.2. The van der Waals surface area contributed by atoms with E-state index in [1.54, 1.807) is 16.0 Å². The molecule has 9 heteroatoms. The van der Waals surface area contributed by atoms with Gasteiger partial charge in [0.1, 0.15) is 10.8 Å². The van der Waals surface area contributed by atoms with E-state index >= 15 is 0 Å². The van der Waals surface area contributed by atoms with E-state index in [1.165, 1.54) is 5.56 Å². The van der Waals surface area contributed by atoms with Crippen molar-refractivity contribution in [3.05, 3.63) is 76.6 Å². The normalized spacial score (nSPS) is 13.4. The third-order valence-electron chi connectivity index (χ3n) is 6.57. The highest BCUT2D eigenvalue weighted by Gasteiger charge is 2.23. The summed E-state index contributed by atoms with van der Waals surface area (Å²) in [6.07, 6.45) is 5.68. The lowest BCUT2D eigenvalue weighted by atomic mass is 9.98. The molecule has 1 N–H and O–H groups in total. The summed E-state index contributed by atoms with van der Waals surface area (Å²) in [7, 11) is 1.88. The van der Waals surface area contributed by atoms with Gasteiger partial charge in [0.2, 0.25) is 5.88 Å². The average molecular weight is 532 g/mol. The number of hydrogen-bond acceptors (Lipinski definition) is 8. The van der Waals surface area contributed by atoms with Gasteiger partial charge < -0.3 is 14.8 Å². The van der Waals surface area contributed by atoms with Crippen LogP contribution in [-0.2, 0) is 35.8 Å². The first kappa shape index (κ1) is 25.9. The predicted molar refractivity (Wildman–Crippen MR) is 149 cm³/mol. The molecule has 38 heavy (non-hydrogen) atoms. The van der Waals surface area contributed by atoms with Crippen molar-refractivity contribution < 1.29 is 14.3 Å². The molecule has 4 heterocycles. The van der Waals surface area contributed by atoms with Crippen LogP contribution in [0.2, 0.25) is 0 Å². The maximum Gasteiger partial charge on any atom is 0.306 e. The molecule has 8 nitrogen and oxygen atoms in total. The molecular weight excluding hydrogens is 498 g/mol. The van der Waals surface area contributed by atoms with Crippen molar-refractivity contribution >= 4 is 23.1 Å². The molecule has 1 aromatic carbocycles. The Hall–Kier alpha value is -3.72. The first-order chi connectivity index (χ1) is 18.6. The van der Waals surface area contributed by atoms with Crippen LogP contribution in [0.4, 0.5) is 5.82 Å². The summed E-state index contributed by atoms with van der Waals surface area (Å²) in [5.41, 5.74) is 4.22. The van der Waals surface area contributed by atoms with Crippen LogP contribution in [0.25, 0.3) is 10.6 Å². The molecule has 4 aromatic rings. The van der Waals surface area contributed by atoms with E-state index in [-0.39, 0.29) is 18.3 Å². The maximum absolute atomic E-state index is 12.4. The summed E-state index contributed by atoms with van der Waals surface area (Å²) in [5, 5.41) is 9.00. The molecule has 1 unspecified atom stereocenters. The Morgan fingerprint density at radius 1 is 1.18 bits per heavy atom. The van der Waals surface area contributed by atoms with Crippen molar-refractivity contribution in [2.75, 3.05) is 25.1 Å². The molecule has 0 saturated carbocycles. The molecule has 0 bridgehead atoms. The number of aryl methyl sites for hydroxylation is 2. The van der Waals surface area contributed by atoms with Crippen LogP contribution in [0.1, 0.15) is 47.5 Å². The topological polar surface area (TPSA) is 91.2 Å². The SMILES string of the molecule is CCOC(=O)CC(Cc1cc(OCCc2ccc3c(n2)NCCC3)n(C)n1)c1cnc(-c2ccccc2)s1. The third kappa shape index (κ3) is 6.39. The van der Waals surface area contributed by atoms with Gasteiger partial charge in [0, 0.05) is 54.3 Å². The number of esters is 1. The lowest BCUT2D eigenvalue weighted by Gasteiger charge is -2.17. The van der Waals surface area contributed by atoms with E-state index in [2.05, 4.69) is 27.5 Å². The molecule has 0 radical (unpaired) electrons. The van der Waals surface area contributed by atoms with Gasteiger partial charge in [0.25, 0.3) is 0 Å². The van der Waals surface area contributed by atoms with Crippen molar-refractivity contribution in [3.8, 4) is 16.5 Å². The summed E-state index contributed by atoms with van der Waals surface area (Å²) in [6, 6.07) is 16.3. The number of benzene rings is 1. The molecule has 198 valence electrons. The zero-order valence-electron chi connectivity index (χ0n) is 21.9. The Labute approximate surface area is 227 Å². The summed E-state index contributed by atoms with van der Waals surface area (Å²) in [4.78, 5) is 22.8. The number of nitrogens with one attached hydrogen (secondary N) is 1. The summed E-state index contributed by atoms with van der Waals surface area (Å²) in [5.74, 6) is 1.40. The van der Waals surface area contributed by atoms with Crippen LogP contribution in [-0.4, -0.2) is 45.5 Å². The zero-order valence-corrected chi connectivity index (χ0v) is 22.7. The molecule has 5 rings (SSSR count). The van der Waals surface area contributed by atoms with Crippen molar-refractivity contribution in [2.24, 2.45) is 7.05 Å². The molecule has 3 aromatic heterocycles. The van der Waals surface area contributed by atoms with Crippen molar-refractivity contribution in [1.29, 1.82) is 0 Å². The van der Waals surface area contributed by atoms with Crippen LogP contribution in [0, 0.1) is 0 Å². The lowest BCUT2D eigenvalue weighted by molar-refractivity contribution is -0.143. The van der Waals surface area contributed by atoms with Gasteiger partial charge >= 0.3 is 5.97 Å². The number of carbonyl (C=O) groups excluding carboxylic acids is 1. The van der Waals surface area contributed by atoms with E-state index in [0.717, 1.165) is 52.0 Å². The minimum Gasteiger partial charge on any atom is -0.477 e. The number of nitrogens with zero attached hydrogens (tertiary/aromatic N) is 4. The van der Waals surface area contributed by atoms with Gasteiger partial charge in [0.15, 0.2) is 0 Å². The molecule has 1 atom stereocenters. The Morgan fingerprint density at radius 2 is 2.05 bits per heavy atom. The van der Waals surface area contributed by atoms with Gasteiger partial charge in [-0.1, -0.05) is 36.4 Å². The molecule has 0 saturated heterocycles. The highest BCUT2D eigenvalue weighted by atomic mass is 32.1. The number of carbonyl (C=O) groups is 1. The highest BCUT2D eigenvalue weighted by molar-refractivity contribution is 7.15. The second-order valence-corrected chi connectivity index (χ2v) is 10.4. The van der Waals surface area contributed by atoms with Crippen molar-refractivity contribution in [3.63, 3.8) is 0 Å². The number of thiazole rings is 1. The van der Waals surface area contributed by atoms with Crippen LogP contribution >= 0.6 is 11.3 Å². The first-order valence-corrected chi connectivity index (χ1v) is 14.0. The number of aromatic nitrogens is 4. The summed E-state index contributed by atoms with van der Waals surface area (Å²) in [6.45, 7) is 3.67. The molecule has 0 aliphatic carbocycles. The number of hydrogen-bond donors (Lipinski definition) is 1. The van der Waals surface area contributed by atoms with E-state index in [4.69, 9.17) is 14.5 Å². The van der Waals surface area contributed by atoms with Crippen molar-refractivity contribution in [1.82, 2.24) is 19.7 Å². The van der Waals surface area contributed by atoms with E-state index in [9.17, 15) is 4.79 Å². The lowest BCUT2D eigenvalue weighted by Crippen LogP contribution is -2.14. The molecule has 1 aliphatic heterocycles. The second-order valence-electron chi connectivity index (χ2n) is 9.38. The summed E-state index contributed by atoms with van der Waals surface area (Å²) >= 11 is 1.61. The van der Waals surface area contributed by atoms with Gasteiger partial charge in [-0.2, -0.15) is 5.10 Å². The average Bonchev–Trinajstić information content (AvgIpc) is 3.56. The maximum atomic E-state index is 12.4.